The van der Waals surface area contributed by atoms with Crippen LogP contribution < -0.4 is 0 Å². The lowest BCUT2D eigenvalue weighted by Gasteiger charge is -2.32. The molecule has 0 spiro atoms. The molecule has 4 aliphatic rings. The van der Waals surface area contributed by atoms with Gasteiger partial charge in [0.05, 0.1) is 6.10 Å². The number of ketones is 1. The fourth-order valence-electron chi connectivity index (χ4n) is 3.75. The summed E-state index contributed by atoms with van der Waals surface area (Å²) in [6.45, 7) is 0. The molecule has 0 aromatic heterocycles. The monoisotopic (exact) mass is 192 g/mol. The molecule has 3 nitrogen and oxygen atoms in total. The molecule has 0 aromatic rings. The van der Waals surface area contributed by atoms with Gasteiger partial charge >= 0.3 is 0 Å². The second-order valence-electron chi connectivity index (χ2n) is 4.97. The van der Waals surface area contributed by atoms with Gasteiger partial charge in [-0.3, -0.25) is 4.79 Å². The van der Waals surface area contributed by atoms with E-state index in [0.717, 1.165) is 6.42 Å². The molecule has 2 saturated carbocycles. The lowest BCUT2D eigenvalue weighted by Crippen LogP contribution is -2.45. The van der Waals surface area contributed by atoms with Crippen LogP contribution in [0.1, 0.15) is 6.42 Å². The summed E-state index contributed by atoms with van der Waals surface area (Å²) in [6, 6.07) is 0. The van der Waals surface area contributed by atoms with Crippen molar-refractivity contribution in [2.45, 2.75) is 24.7 Å². The SMILES string of the molecule is O=C1[C@H]2O[C@H]2[C@H](O)[C@@H]2C3C=CC(C3)[C@H]12. The highest BCUT2D eigenvalue weighted by Crippen LogP contribution is 2.56. The van der Waals surface area contributed by atoms with E-state index in [9.17, 15) is 9.90 Å². The van der Waals surface area contributed by atoms with Gasteiger partial charge in [-0.25, -0.2) is 0 Å². The molecule has 14 heavy (non-hydrogen) atoms. The number of ether oxygens (including phenoxy) is 1. The number of Topliss-reactive ketones (excluding diaryl/α,β-unsaturated/α-hetero) is 1. The summed E-state index contributed by atoms with van der Waals surface area (Å²) < 4.78 is 5.24. The molecule has 1 saturated heterocycles. The van der Waals surface area contributed by atoms with E-state index in [0.29, 0.717) is 11.8 Å². The Morgan fingerprint density at radius 1 is 1.36 bits per heavy atom. The number of epoxide rings is 1. The van der Waals surface area contributed by atoms with Gasteiger partial charge < -0.3 is 9.84 Å². The predicted octanol–water partition coefficient (Wildman–Crippen LogP) is 0.136. The van der Waals surface area contributed by atoms with Crippen molar-refractivity contribution in [3.05, 3.63) is 12.2 Å². The van der Waals surface area contributed by atoms with E-state index in [2.05, 4.69) is 12.2 Å². The zero-order valence-corrected chi connectivity index (χ0v) is 7.67. The zero-order chi connectivity index (χ0) is 9.45. The number of allylic oxidation sites excluding steroid dienone is 2. The molecule has 2 unspecified atom stereocenters. The Labute approximate surface area is 81.7 Å². The largest absolute Gasteiger partial charge is 0.390 e. The number of hydrogen-bond donors (Lipinski definition) is 1. The minimum absolute atomic E-state index is 0.0590. The Bertz CT molecular complexity index is 348. The maximum absolute atomic E-state index is 11.9. The van der Waals surface area contributed by atoms with Crippen molar-refractivity contribution >= 4 is 5.78 Å². The molecular weight excluding hydrogens is 180 g/mol. The Hall–Kier alpha value is -0.670. The number of aliphatic hydroxyl groups excluding tert-OH is 1. The van der Waals surface area contributed by atoms with Crippen molar-refractivity contribution in [1.82, 2.24) is 0 Å². The van der Waals surface area contributed by atoms with E-state index in [1.54, 1.807) is 0 Å². The number of rotatable bonds is 0. The standard InChI is InChI=1S/C11H12O3/c12-8-6-4-1-2-5(3-4)7(6)9(13)11-10(8)14-11/h1-2,4-8,10-12H,3H2/t4?,5?,6-,7+,8-,10+,11-/m1/s1. The summed E-state index contributed by atoms with van der Waals surface area (Å²) in [4.78, 5) is 11.9. The first-order valence-corrected chi connectivity index (χ1v) is 5.33. The van der Waals surface area contributed by atoms with E-state index in [1.807, 2.05) is 0 Å². The third-order valence-electron chi connectivity index (χ3n) is 4.39. The third-order valence-corrected chi connectivity index (χ3v) is 4.39. The molecule has 2 bridgehead atoms. The van der Waals surface area contributed by atoms with Crippen molar-refractivity contribution in [3.63, 3.8) is 0 Å². The summed E-state index contributed by atoms with van der Waals surface area (Å²) in [5, 5.41) is 10.0. The number of carbonyl (C=O) groups is 1. The van der Waals surface area contributed by atoms with E-state index in [4.69, 9.17) is 4.74 Å². The summed E-state index contributed by atoms with van der Waals surface area (Å²) in [6.07, 6.45) is 4.56. The van der Waals surface area contributed by atoms with Gasteiger partial charge in [0, 0.05) is 11.8 Å². The van der Waals surface area contributed by atoms with Crippen LogP contribution in [0.2, 0.25) is 0 Å². The van der Waals surface area contributed by atoms with Crippen LogP contribution in [-0.2, 0) is 9.53 Å². The van der Waals surface area contributed by atoms with Crippen LogP contribution in [0.3, 0.4) is 0 Å². The summed E-state index contributed by atoms with van der Waals surface area (Å²) in [7, 11) is 0. The molecule has 3 aliphatic carbocycles. The highest BCUT2D eigenvalue weighted by atomic mass is 16.6. The molecule has 1 aliphatic heterocycles. The van der Waals surface area contributed by atoms with Gasteiger partial charge in [-0.15, -0.1) is 0 Å². The van der Waals surface area contributed by atoms with Crippen LogP contribution in [-0.4, -0.2) is 29.2 Å². The molecule has 3 heteroatoms. The Morgan fingerprint density at radius 3 is 3.00 bits per heavy atom. The van der Waals surface area contributed by atoms with Crippen LogP contribution in [0.15, 0.2) is 12.2 Å². The molecule has 1 N–H and O–H groups in total. The molecule has 1 heterocycles. The molecule has 74 valence electrons. The van der Waals surface area contributed by atoms with E-state index in [1.165, 1.54) is 0 Å². The van der Waals surface area contributed by atoms with Gasteiger partial charge in [-0.1, -0.05) is 12.2 Å². The van der Waals surface area contributed by atoms with Crippen LogP contribution in [0.5, 0.6) is 0 Å². The molecule has 0 radical (unpaired) electrons. The van der Waals surface area contributed by atoms with Crippen LogP contribution in [0, 0.1) is 23.7 Å². The second-order valence-corrected chi connectivity index (χ2v) is 4.97. The van der Waals surface area contributed by atoms with Gasteiger partial charge in [-0.2, -0.15) is 0 Å². The first-order valence-electron chi connectivity index (χ1n) is 5.33. The average Bonchev–Trinajstić information content (AvgIpc) is 2.74. The molecule has 0 aromatic carbocycles. The van der Waals surface area contributed by atoms with Crippen molar-refractivity contribution in [2.75, 3.05) is 0 Å². The number of aliphatic hydroxyl groups is 1. The van der Waals surface area contributed by atoms with E-state index < -0.39 is 6.10 Å². The number of hydrogen-bond acceptors (Lipinski definition) is 3. The normalized spacial score (nSPS) is 62.6. The first kappa shape index (κ1) is 7.60. The fourth-order valence-corrected chi connectivity index (χ4v) is 3.75. The first-order chi connectivity index (χ1) is 6.77. The van der Waals surface area contributed by atoms with Crippen molar-refractivity contribution in [3.8, 4) is 0 Å². The molecule has 4 rings (SSSR count). The van der Waals surface area contributed by atoms with Gasteiger partial charge in [-0.05, 0) is 18.3 Å². The maximum Gasteiger partial charge on any atom is 0.168 e. The molecule has 0 amide bonds. The summed E-state index contributed by atoms with van der Waals surface area (Å²) in [5.41, 5.74) is 0. The van der Waals surface area contributed by atoms with Gasteiger partial charge in [0.25, 0.3) is 0 Å². The Kier molecular flexibility index (Phi) is 1.15. The second kappa shape index (κ2) is 2.12. The fraction of sp³-hybridized carbons (Fsp3) is 0.727. The van der Waals surface area contributed by atoms with Crippen molar-refractivity contribution in [1.29, 1.82) is 0 Å². The average molecular weight is 192 g/mol. The van der Waals surface area contributed by atoms with Crippen LogP contribution >= 0.6 is 0 Å². The molecule has 3 fully saturated rings. The van der Waals surface area contributed by atoms with Crippen molar-refractivity contribution < 1.29 is 14.6 Å². The van der Waals surface area contributed by atoms with E-state index >= 15 is 0 Å². The number of carbonyl (C=O) groups excluding carboxylic acids is 1. The van der Waals surface area contributed by atoms with Crippen LogP contribution in [0.25, 0.3) is 0 Å². The number of fused-ring (bicyclic) bond motifs is 6. The molecule has 7 atom stereocenters. The van der Waals surface area contributed by atoms with Gasteiger partial charge in [0.2, 0.25) is 0 Å². The van der Waals surface area contributed by atoms with Crippen LogP contribution in [0.4, 0.5) is 0 Å². The minimum atomic E-state index is -0.400. The highest BCUT2D eigenvalue weighted by molar-refractivity contribution is 5.91. The summed E-state index contributed by atoms with van der Waals surface area (Å²) >= 11 is 0. The van der Waals surface area contributed by atoms with Gasteiger partial charge in [0.15, 0.2) is 5.78 Å². The lowest BCUT2D eigenvalue weighted by atomic mass is 9.71. The smallest absolute Gasteiger partial charge is 0.168 e. The predicted molar refractivity (Wildman–Crippen MR) is 47.4 cm³/mol. The van der Waals surface area contributed by atoms with E-state index in [-0.39, 0.29) is 29.8 Å². The maximum atomic E-state index is 11.9. The Morgan fingerprint density at radius 2 is 2.14 bits per heavy atom. The van der Waals surface area contributed by atoms with Crippen molar-refractivity contribution in [2.24, 2.45) is 23.7 Å². The topological polar surface area (TPSA) is 49.8 Å². The third kappa shape index (κ3) is 0.675. The van der Waals surface area contributed by atoms with Gasteiger partial charge in [0.1, 0.15) is 12.2 Å². The minimum Gasteiger partial charge on any atom is -0.390 e. The Balaban J connectivity index is 1.80. The highest BCUT2D eigenvalue weighted by Gasteiger charge is 2.65. The zero-order valence-electron chi connectivity index (χ0n) is 7.67. The molecular formula is C11H12O3. The summed E-state index contributed by atoms with van der Waals surface area (Å²) in [5.74, 6) is 1.28. The quantitative estimate of drug-likeness (QED) is 0.438. The lowest BCUT2D eigenvalue weighted by molar-refractivity contribution is -0.129.